The van der Waals surface area contributed by atoms with Gasteiger partial charge in [0.2, 0.25) is 0 Å². The first kappa shape index (κ1) is 12.9. The van der Waals surface area contributed by atoms with Crippen molar-refractivity contribution in [1.82, 2.24) is 20.2 Å². The average molecular weight is 273 g/mol. The maximum Gasteiger partial charge on any atom is 0.182 e. The number of nitrogens with zero attached hydrogens (tertiary/aromatic N) is 4. The summed E-state index contributed by atoms with van der Waals surface area (Å²) in [6.07, 6.45) is 3.47. The van der Waals surface area contributed by atoms with Gasteiger partial charge in [0.1, 0.15) is 5.75 Å². The van der Waals surface area contributed by atoms with Crippen molar-refractivity contribution in [2.45, 2.75) is 32.2 Å². The molecule has 0 aliphatic heterocycles. The molecule has 106 valence electrons. The number of tetrazole rings is 1. The van der Waals surface area contributed by atoms with Crippen LogP contribution in [-0.4, -0.2) is 27.3 Å². The van der Waals surface area contributed by atoms with Gasteiger partial charge in [-0.15, -0.1) is 5.10 Å². The molecule has 2 unspecified atom stereocenters. The van der Waals surface area contributed by atoms with E-state index in [1.54, 1.807) is 13.2 Å². The van der Waals surface area contributed by atoms with E-state index in [1.807, 2.05) is 16.8 Å². The summed E-state index contributed by atoms with van der Waals surface area (Å²) in [6, 6.07) is 5.96. The predicted molar refractivity (Wildman–Crippen MR) is 76.3 cm³/mol. The van der Waals surface area contributed by atoms with Crippen LogP contribution in [0.4, 0.5) is 5.69 Å². The Morgan fingerprint density at radius 3 is 2.85 bits per heavy atom. The number of nitrogens with two attached hydrogens (primary N) is 1. The van der Waals surface area contributed by atoms with Crippen LogP contribution in [0.1, 0.15) is 32.2 Å². The lowest BCUT2D eigenvalue weighted by Crippen LogP contribution is -2.09. The van der Waals surface area contributed by atoms with Gasteiger partial charge >= 0.3 is 0 Å². The summed E-state index contributed by atoms with van der Waals surface area (Å²) in [5.41, 5.74) is 7.45. The Kier molecular flexibility index (Phi) is 3.30. The van der Waals surface area contributed by atoms with Crippen LogP contribution in [0.3, 0.4) is 0 Å². The highest BCUT2D eigenvalue weighted by molar-refractivity contribution is 5.64. The number of methoxy groups -OCH3 is 1. The molecule has 2 aromatic rings. The third kappa shape index (κ3) is 2.33. The molecule has 2 atom stereocenters. The maximum absolute atomic E-state index is 5.91. The summed E-state index contributed by atoms with van der Waals surface area (Å²) in [5, 5.41) is 12.2. The molecule has 6 heteroatoms. The fourth-order valence-electron chi connectivity index (χ4n) is 2.90. The summed E-state index contributed by atoms with van der Waals surface area (Å²) in [4.78, 5) is 0. The molecule has 3 rings (SSSR count). The zero-order valence-corrected chi connectivity index (χ0v) is 11.8. The molecule has 0 bridgehead atoms. The Morgan fingerprint density at radius 2 is 2.15 bits per heavy atom. The standard InChI is InChI=1S/C14H19N5O/c1-9-3-4-12(5-9)19-14(16-17-18-19)10-6-11(15)8-13(7-10)20-2/h6-9,12H,3-5,15H2,1-2H3. The monoisotopic (exact) mass is 273 g/mol. The predicted octanol–water partition coefficient (Wildman–Crippen LogP) is 2.29. The van der Waals surface area contributed by atoms with Gasteiger partial charge in [-0.25, -0.2) is 4.68 Å². The Hall–Kier alpha value is -2.11. The van der Waals surface area contributed by atoms with E-state index in [1.165, 1.54) is 6.42 Å². The molecule has 1 aromatic carbocycles. The van der Waals surface area contributed by atoms with Gasteiger partial charge in [-0.05, 0) is 47.7 Å². The minimum absolute atomic E-state index is 0.377. The van der Waals surface area contributed by atoms with Crippen LogP contribution in [0.15, 0.2) is 18.2 Å². The fraction of sp³-hybridized carbons (Fsp3) is 0.500. The van der Waals surface area contributed by atoms with Gasteiger partial charge in [0.25, 0.3) is 0 Å². The number of hydrogen-bond donors (Lipinski definition) is 1. The number of nitrogen functional groups attached to an aromatic ring is 1. The van der Waals surface area contributed by atoms with E-state index in [0.717, 1.165) is 30.1 Å². The fourth-order valence-corrected chi connectivity index (χ4v) is 2.90. The van der Waals surface area contributed by atoms with Gasteiger partial charge in [-0.2, -0.15) is 0 Å². The van der Waals surface area contributed by atoms with E-state index >= 15 is 0 Å². The van der Waals surface area contributed by atoms with Gasteiger partial charge in [-0.1, -0.05) is 6.92 Å². The van der Waals surface area contributed by atoms with Gasteiger partial charge in [0.05, 0.1) is 13.2 Å². The highest BCUT2D eigenvalue weighted by Crippen LogP contribution is 2.36. The first-order chi connectivity index (χ1) is 9.67. The Bertz CT molecular complexity index is 609. The molecule has 1 aromatic heterocycles. The summed E-state index contributed by atoms with van der Waals surface area (Å²) < 4.78 is 7.19. The SMILES string of the molecule is COc1cc(N)cc(-c2nnnn2C2CCC(C)C2)c1. The molecule has 0 spiro atoms. The second kappa shape index (κ2) is 5.11. The second-order valence-corrected chi connectivity index (χ2v) is 5.51. The molecule has 1 aliphatic carbocycles. The van der Waals surface area contributed by atoms with E-state index in [4.69, 9.17) is 10.5 Å². The lowest BCUT2D eigenvalue weighted by Gasteiger charge is -2.12. The van der Waals surface area contributed by atoms with Crippen molar-refractivity contribution in [3.63, 3.8) is 0 Å². The van der Waals surface area contributed by atoms with Crippen molar-refractivity contribution in [2.75, 3.05) is 12.8 Å². The molecule has 1 aliphatic rings. The van der Waals surface area contributed by atoms with Crippen molar-refractivity contribution in [2.24, 2.45) is 5.92 Å². The third-order valence-electron chi connectivity index (χ3n) is 3.93. The smallest absolute Gasteiger partial charge is 0.182 e. The van der Waals surface area contributed by atoms with E-state index < -0.39 is 0 Å². The lowest BCUT2D eigenvalue weighted by molar-refractivity contribution is 0.415. The summed E-state index contributed by atoms with van der Waals surface area (Å²) in [7, 11) is 1.63. The molecular weight excluding hydrogens is 254 g/mol. The second-order valence-electron chi connectivity index (χ2n) is 5.51. The Labute approximate surface area is 117 Å². The summed E-state index contributed by atoms with van der Waals surface area (Å²) in [5.74, 6) is 2.21. The van der Waals surface area contributed by atoms with Crippen LogP contribution < -0.4 is 10.5 Å². The van der Waals surface area contributed by atoms with Gasteiger partial charge in [0.15, 0.2) is 5.82 Å². The van der Waals surface area contributed by atoms with Crippen LogP contribution in [0.5, 0.6) is 5.75 Å². The largest absolute Gasteiger partial charge is 0.497 e. The Balaban J connectivity index is 1.99. The van der Waals surface area contributed by atoms with E-state index in [0.29, 0.717) is 17.5 Å². The number of anilines is 1. The molecule has 2 N–H and O–H groups in total. The summed E-state index contributed by atoms with van der Waals surface area (Å²) in [6.45, 7) is 2.27. The number of aromatic nitrogens is 4. The molecule has 0 saturated heterocycles. The number of benzene rings is 1. The normalized spacial score (nSPS) is 22.1. The zero-order valence-electron chi connectivity index (χ0n) is 11.8. The molecular formula is C14H19N5O. The van der Waals surface area contributed by atoms with Crippen molar-refractivity contribution >= 4 is 5.69 Å². The molecule has 20 heavy (non-hydrogen) atoms. The van der Waals surface area contributed by atoms with Crippen LogP contribution in [0.25, 0.3) is 11.4 Å². The molecule has 1 saturated carbocycles. The minimum Gasteiger partial charge on any atom is -0.497 e. The highest BCUT2D eigenvalue weighted by Gasteiger charge is 2.26. The van der Waals surface area contributed by atoms with E-state index in [-0.39, 0.29) is 0 Å². The van der Waals surface area contributed by atoms with Gasteiger partial charge < -0.3 is 10.5 Å². The van der Waals surface area contributed by atoms with Crippen molar-refractivity contribution < 1.29 is 4.74 Å². The average Bonchev–Trinajstić information content (AvgIpc) is 3.06. The van der Waals surface area contributed by atoms with Crippen LogP contribution in [0, 0.1) is 5.92 Å². The molecule has 1 heterocycles. The van der Waals surface area contributed by atoms with Crippen molar-refractivity contribution in [1.29, 1.82) is 0 Å². The highest BCUT2D eigenvalue weighted by atomic mass is 16.5. The van der Waals surface area contributed by atoms with Crippen LogP contribution in [-0.2, 0) is 0 Å². The number of hydrogen-bond acceptors (Lipinski definition) is 5. The van der Waals surface area contributed by atoms with Crippen LogP contribution >= 0.6 is 0 Å². The molecule has 1 fully saturated rings. The topological polar surface area (TPSA) is 78.8 Å². The first-order valence-electron chi connectivity index (χ1n) is 6.90. The van der Waals surface area contributed by atoms with E-state index in [9.17, 15) is 0 Å². The van der Waals surface area contributed by atoms with E-state index in [2.05, 4.69) is 22.4 Å². The summed E-state index contributed by atoms with van der Waals surface area (Å²) >= 11 is 0. The third-order valence-corrected chi connectivity index (χ3v) is 3.93. The quantitative estimate of drug-likeness (QED) is 0.868. The first-order valence-corrected chi connectivity index (χ1v) is 6.90. The lowest BCUT2D eigenvalue weighted by atomic mass is 10.1. The molecule has 0 amide bonds. The molecule has 0 radical (unpaired) electrons. The number of rotatable bonds is 3. The minimum atomic E-state index is 0.377. The van der Waals surface area contributed by atoms with Crippen molar-refractivity contribution in [3.05, 3.63) is 18.2 Å². The maximum atomic E-state index is 5.91. The van der Waals surface area contributed by atoms with Gasteiger partial charge in [0, 0.05) is 17.3 Å². The van der Waals surface area contributed by atoms with Gasteiger partial charge in [-0.3, -0.25) is 0 Å². The van der Waals surface area contributed by atoms with Crippen molar-refractivity contribution in [3.8, 4) is 17.1 Å². The number of ether oxygens (including phenoxy) is 1. The Morgan fingerprint density at radius 1 is 1.30 bits per heavy atom. The molecule has 6 nitrogen and oxygen atoms in total. The van der Waals surface area contributed by atoms with Crippen LogP contribution in [0.2, 0.25) is 0 Å². The zero-order chi connectivity index (χ0) is 14.1.